The van der Waals surface area contributed by atoms with Gasteiger partial charge in [0.2, 0.25) is 0 Å². The van der Waals surface area contributed by atoms with E-state index in [1.54, 1.807) is 24.5 Å². The van der Waals surface area contributed by atoms with Crippen LogP contribution >= 0.6 is 0 Å². The number of imidazole rings is 1. The molecule has 0 saturated carbocycles. The number of fused-ring (bicyclic) bond motifs is 1. The number of hydrogen-bond donors (Lipinski definition) is 3. The van der Waals surface area contributed by atoms with Gasteiger partial charge in [0.25, 0.3) is 5.91 Å². The molecule has 1 aromatic heterocycles. The minimum absolute atomic E-state index is 0.244. The summed E-state index contributed by atoms with van der Waals surface area (Å²) in [5, 5.41) is 6.30. The summed E-state index contributed by atoms with van der Waals surface area (Å²) in [7, 11) is 1.33. The molecule has 0 aliphatic carbocycles. The summed E-state index contributed by atoms with van der Waals surface area (Å²) in [6.07, 6.45) is 3.48. The van der Waals surface area contributed by atoms with Crippen molar-refractivity contribution in [3.8, 4) is 11.3 Å². The highest BCUT2D eigenvalue weighted by molar-refractivity contribution is 6.37. The molecule has 33 heavy (non-hydrogen) atoms. The molecule has 5 rings (SSSR count). The first-order valence-electron chi connectivity index (χ1n) is 10.3. The third-order valence-corrected chi connectivity index (χ3v) is 5.45. The van der Waals surface area contributed by atoms with Crippen LogP contribution in [0.5, 0.6) is 0 Å². The van der Waals surface area contributed by atoms with Crippen LogP contribution in [-0.2, 0) is 9.53 Å². The van der Waals surface area contributed by atoms with Gasteiger partial charge in [-0.25, -0.2) is 9.78 Å². The molecule has 0 unspecified atom stereocenters. The Morgan fingerprint density at radius 1 is 0.970 bits per heavy atom. The average Bonchev–Trinajstić information content (AvgIpc) is 3.50. The molecule has 2 heterocycles. The summed E-state index contributed by atoms with van der Waals surface area (Å²) in [5.41, 5.74) is 6.37. The molecule has 0 bridgehead atoms. The van der Waals surface area contributed by atoms with Crippen LogP contribution in [0.2, 0.25) is 0 Å². The van der Waals surface area contributed by atoms with Gasteiger partial charge >= 0.3 is 5.97 Å². The Kier molecular flexibility index (Phi) is 5.20. The second-order valence-corrected chi connectivity index (χ2v) is 7.48. The molecule has 0 saturated heterocycles. The highest BCUT2D eigenvalue weighted by atomic mass is 16.5. The number of amides is 1. The van der Waals surface area contributed by atoms with Gasteiger partial charge in [0.15, 0.2) is 0 Å². The van der Waals surface area contributed by atoms with Gasteiger partial charge in [-0.05, 0) is 29.8 Å². The standard InChI is InChI=1S/C26H20N4O3/c1-33-26(32)18-9-12-20-21(13-18)30-25(31)23(20)24(17-5-3-2-4-6-17)29-19-10-7-16(8-11-19)22-14-27-15-28-22/h2-15,29H,1H3,(H,27,28)(H,30,31). The number of carbonyl (C=O) groups excluding carboxylic acids is 2. The Hall–Kier alpha value is -4.65. The number of ether oxygens (including phenoxy) is 1. The summed E-state index contributed by atoms with van der Waals surface area (Å²) in [6, 6.07) is 22.6. The lowest BCUT2D eigenvalue weighted by molar-refractivity contribution is -0.110. The summed E-state index contributed by atoms with van der Waals surface area (Å²) >= 11 is 0. The van der Waals surface area contributed by atoms with Crippen molar-refractivity contribution in [2.75, 3.05) is 17.7 Å². The van der Waals surface area contributed by atoms with Crippen molar-refractivity contribution in [2.24, 2.45) is 0 Å². The molecular formula is C26H20N4O3. The van der Waals surface area contributed by atoms with Crippen LogP contribution in [0.3, 0.4) is 0 Å². The Labute approximate surface area is 190 Å². The molecule has 0 radical (unpaired) electrons. The Balaban J connectivity index is 1.58. The Bertz CT molecular complexity index is 1360. The van der Waals surface area contributed by atoms with Gasteiger partial charge in [-0.2, -0.15) is 0 Å². The number of aromatic nitrogens is 2. The Morgan fingerprint density at radius 3 is 2.45 bits per heavy atom. The average molecular weight is 436 g/mol. The first-order chi connectivity index (χ1) is 16.1. The summed E-state index contributed by atoms with van der Waals surface area (Å²) < 4.78 is 4.80. The van der Waals surface area contributed by atoms with Crippen LogP contribution in [0.15, 0.2) is 85.3 Å². The number of aromatic amines is 1. The Morgan fingerprint density at radius 2 is 1.76 bits per heavy atom. The molecule has 1 aliphatic rings. The van der Waals surface area contributed by atoms with Crippen LogP contribution in [-0.4, -0.2) is 29.0 Å². The van der Waals surface area contributed by atoms with Crippen molar-refractivity contribution in [3.05, 3.63) is 102 Å². The maximum Gasteiger partial charge on any atom is 0.337 e. The number of nitrogens with one attached hydrogen (secondary N) is 3. The lowest BCUT2D eigenvalue weighted by Gasteiger charge is -2.15. The lowest BCUT2D eigenvalue weighted by Crippen LogP contribution is -2.10. The third-order valence-electron chi connectivity index (χ3n) is 5.45. The van der Waals surface area contributed by atoms with Crippen LogP contribution in [0.1, 0.15) is 21.5 Å². The largest absolute Gasteiger partial charge is 0.465 e. The number of esters is 1. The first-order valence-corrected chi connectivity index (χ1v) is 10.3. The van der Waals surface area contributed by atoms with Gasteiger partial charge in [0.1, 0.15) is 0 Å². The lowest BCUT2D eigenvalue weighted by atomic mass is 9.99. The molecule has 1 amide bonds. The van der Waals surface area contributed by atoms with Gasteiger partial charge in [-0.1, -0.05) is 48.5 Å². The summed E-state index contributed by atoms with van der Waals surface area (Å²) in [4.78, 5) is 32.2. The van der Waals surface area contributed by atoms with Crippen LogP contribution < -0.4 is 10.6 Å². The van der Waals surface area contributed by atoms with Crippen LogP contribution in [0.25, 0.3) is 22.5 Å². The number of anilines is 2. The van der Waals surface area contributed by atoms with Crippen molar-refractivity contribution >= 4 is 34.5 Å². The number of benzene rings is 3. The number of hydrogen-bond acceptors (Lipinski definition) is 5. The number of carbonyl (C=O) groups is 2. The molecule has 7 heteroatoms. The SMILES string of the molecule is COC(=O)c1ccc2c(c1)NC(=O)C2=C(Nc1ccc(-c2c[nH]cn2)cc1)c1ccccc1. The van der Waals surface area contributed by atoms with Crippen molar-refractivity contribution in [2.45, 2.75) is 0 Å². The van der Waals surface area contributed by atoms with E-state index < -0.39 is 5.97 Å². The van der Waals surface area contributed by atoms with Crippen LogP contribution in [0, 0.1) is 0 Å². The zero-order chi connectivity index (χ0) is 22.8. The zero-order valence-corrected chi connectivity index (χ0v) is 17.8. The van der Waals surface area contributed by atoms with Crippen molar-refractivity contribution in [1.82, 2.24) is 9.97 Å². The topological polar surface area (TPSA) is 96.1 Å². The predicted molar refractivity (Wildman–Crippen MR) is 127 cm³/mol. The third kappa shape index (κ3) is 3.87. The first kappa shape index (κ1) is 20.3. The fourth-order valence-electron chi connectivity index (χ4n) is 3.84. The number of rotatable bonds is 5. The molecular weight excluding hydrogens is 416 g/mol. The monoisotopic (exact) mass is 436 g/mol. The number of methoxy groups -OCH3 is 1. The molecule has 3 N–H and O–H groups in total. The normalized spacial score (nSPS) is 13.8. The van der Waals surface area contributed by atoms with E-state index >= 15 is 0 Å². The van der Waals surface area contributed by atoms with E-state index in [0.29, 0.717) is 28.1 Å². The fraction of sp³-hybridized carbons (Fsp3) is 0.0385. The van der Waals surface area contributed by atoms with E-state index in [-0.39, 0.29) is 5.91 Å². The molecule has 1 aliphatic heterocycles. The van der Waals surface area contributed by atoms with E-state index in [1.165, 1.54) is 7.11 Å². The second kappa shape index (κ2) is 8.47. The van der Waals surface area contributed by atoms with E-state index in [4.69, 9.17) is 4.74 Å². The molecule has 3 aromatic carbocycles. The minimum Gasteiger partial charge on any atom is -0.465 e. The molecule has 0 fully saturated rings. The molecule has 4 aromatic rings. The number of nitrogens with zero attached hydrogens (tertiary/aromatic N) is 1. The van der Waals surface area contributed by atoms with Crippen LogP contribution in [0.4, 0.5) is 11.4 Å². The fourth-order valence-corrected chi connectivity index (χ4v) is 3.84. The molecule has 7 nitrogen and oxygen atoms in total. The number of H-pyrrole nitrogens is 1. The highest BCUT2D eigenvalue weighted by Crippen LogP contribution is 2.38. The van der Waals surface area contributed by atoms with Gasteiger partial charge in [-0.3, -0.25) is 4.79 Å². The van der Waals surface area contributed by atoms with Gasteiger partial charge in [-0.15, -0.1) is 0 Å². The molecule has 0 spiro atoms. The van der Waals surface area contributed by atoms with E-state index in [2.05, 4.69) is 20.6 Å². The van der Waals surface area contributed by atoms with Gasteiger partial charge in [0.05, 0.1) is 41.7 Å². The zero-order valence-electron chi connectivity index (χ0n) is 17.8. The van der Waals surface area contributed by atoms with Gasteiger partial charge in [0, 0.05) is 23.0 Å². The second-order valence-electron chi connectivity index (χ2n) is 7.48. The summed E-state index contributed by atoms with van der Waals surface area (Å²) in [5.74, 6) is -0.700. The van der Waals surface area contributed by atoms with Crippen molar-refractivity contribution in [1.29, 1.82) is 0 Å². The quantitative estimate of drug-likeness (QED) is 0.309. The smallest absolute Gasteiger partial charge is 0.337 e. The van der Waals surface area contributed by atoms with E-state index in [1.807, 2.05) is 60.8 Å². The maximum absolute atomic E-state index is 13.1. The highest BCUT2D eigenvalue weighted by Gasteiger charge is 2.29. The molecule has 0 atom stereocenters. The van der Waals surface area contributed by atoms with Crippen molar-refractivity contribution in [3.63, 3.8) is 0 Å². The molecule has 162 valence electrons. The minimum atomic E-state index is -0.456. The van der Waals surface area contributed by atoms with Gasteiger partial charge < -0.3 is 20.4 Å². The summed E-state index contributed by atoms with van der Waals surface area (Å²) in [6.45, 7) is 0. The van der Waals surface area contributed by atoms with E-state index in [0.717, 1.165) is 22.5 Å². The maximum atomic E-state index is 13.1. The predicted octanol–water partition coefficient (Wildman–Crippen LogP) is 4.80. The van der Waals surface area contributed by atoms with E-state index in [9.17, 15) is 9.59 Å². The van der Waals surface area contributed by atoms with Crippen molar-refractivity contribution < 1.29 is 14.3 Å².